The standard InChI is InChI=1S/C12H11F2NO3/c13-12(14)18-10-5-1-3-8(7-11(16)17)9(10)4-2-6-15/h1,3,5,12H,2,4,7H2,(H,16,17). The molecule has 96 valence electrons. The molecule has 0 radical (unpaired) electrons. The summed E-state index contributed by atoms with van der Waals surface area (Å²) in [5, 5.41) is 17.3. The summed E-state index contributed by atoms with van der Waals surface area (Å²) in [6.45, 7) is -2.98. The van der Waals surface area contributed by atoms with Crippen LogP contribution in [0, 0.1) is 11.3 Å². The predicted molar refractivity (Wildman–Crippen MR) is 58.3 cm³/mol. The number of carboxylic acid groups (broad SMARTS) is 1. The molecule has 0 heterocycles. The zero-order valence-electron chi connectivity index (χ0n) is 9.40. The molecule has 4 nitrogen and oxygen atoms in total. The number of nitriles is 1. The summed E-state index contributed by atoms with van der Waals surface area (Å²) in [6, 6.07) is 6.20. The van der Waals surface area contributed by atoms with E-state index in [1.807, 2.05) is 6.07 Å². The van der Waals surface area contributed by atoms with E-state index in [-0.39, 0.29) is 25.0 Å². The van der Waals surface area contributed by atoms with Crippen molar-refractivity contribution in [2.75, 3.05) is 0 Å². The van der Waals surface area contributed by atoms with Crippen molar-refractivity contribution in [1.29, 1.82) is 5.26 Å². The zero-order valence-corrected chi connectivity index (χ0v) is 9.40. The average Bonchev–Trinajstić information content (AvgIpc) is 2.26. The monoisotopic (exact) mass is 255 g/mol. The van der Waals surface area contributed by atoms with Crippen molar-refractivity contribution in [3.8, 4) is 11.8 Å². The fourth-order valence-corrected chi connectivity index (χ4v) is 1.61. The molecule has 1 rings (SSSR count). The molecule has 0 aliphatic rings. The molecule has 0 amide bonds. The lowest BCUT2D eigenvalue weighted by Crippen LogP contribution is -2.09. The van der Waals surface area contributed by atoms with Crippen LogP contribution in [0.25, 0.3) is 0 Å². The summed E-state index contributed by atoms with van der Waals surface area (Å²) in [6.07, 6.45) is -0.000558. The van der Waals surface area contributed by atoms with E-state index >= 15 is 0 Å². The van der Waals surface area contributed by atoms with E-state index < -0.39 is 12.6 Å². The van der Waals surface area contributed by atoms with Gasteiger partial charge in [-0.25, -0.2) is 0 Å². The Morgan fingerprint density at radius 2 is 2.22 bits per heavy atom. The molecule has 0 unspecified atom stereocenters. The second-order valence-electron chi connectivity index (χ2n) is 3.50. The van der Waals surface area contributed by atoms with Gasteiger partial charge >= 0.3 is 12.6 Å². The maximum absolute atomic E-state index is 12.2. The molecular formula is C12H11F2NO3. The molecule has 0 aliphatic carbocycles. The lowest BCUT2D eigenvalue weighted by atomic mass is 9.99. The van der Waals surface area contributed by atoms with Gasteiger partial charge in [-0.2, -0.15) is 14.0 Å². The molecule has 0 atom stereocenters. The first-order valence-corrected chi connectivity index (χ1v) is 5.19. The summed E-state index contributed by atoms with van der Waals surface area (Å²) < 4.78 is 28.8. The Bertz CT molecular complexity index is 469. The Morgan fingerprint density at radius 1 is 1.50 bits per heavy atom. The first-order valence-electron chi connectivity index (χ1n) is 5.19. The van der Waals surface area contributed by atoms with Gasteiger partial charge in [-0.1, -0.05) is 12.1 Å². The van der Waals surface area contributed by atoms with Gasteiger partial charge in [-0.3, -0.25) is 4.79 Å². The third-order valence-corrected chi connectivity index (χ3v) is 2.27. The van der Waals surface area contributed by atoms with Gasteiger partial charge in [0.1, 0.15) is 5.75 Å². The van der Waals surface area contributed by atoms with E-state index in [0.29, 0.717) is 11.1 Å². The van der Waals surface area contributed by atoms with Crippen molar-refractivity contribution in [2.45, 2.75) is 25.9 Å². The molecule has 0 aromatic heterocycles. The first-order chi connectivity index (χ1) is 8.54. The number of carboxylic acids is 1. The van der Waals surface area contributed by atoms with Gasteiger partial charge in [-0.05, 0) is 23.6 Å². The third-order valence-electron chi connectivity index (χ3n) is 2.27. The van der Waals surface area contributed by atoms with Gasteiger partial charge in [0.15, 0.2) is 0 Å². The predicted octanol–water partition coefficient (Wildman–Crippen LogP) is 2.37. The van der Waals surface area contributed by atoms with Gasteiger partial charge in [-0.15, -0.1) is 0 Å². The van der Waals surface area contributed by atoms with Gasteiger partial charge in [0, 0.05) is 6.42 Å². The Hall–Kier alpha value is -2.16. The third kappa shape index (κ3) is 4.01. The average molecular weight is 255 g/mol. The molecule has 1 N–H and O–H groups in total. The van der Waals surface area contributed by atoms with Crippen LogP contribution in [0.1, 0.15) is 17.5 Å². The van der Waals surface area contributed by atoms with E-state index in [1.54, 1.807) is 0 Å². The molecule has 1 aromatic carbocycles. The molecule has 0 saturated carbocycles. The summed E-state index contributed by atoms with van der Waals surface area (Å²) >= 11 is 0. The number of nitrogens with zero attached hydrogens (tertiary/aromatic N) is 1. The van der Waals surface area contributed by atoms with Crippen LogP contribution in [-0.2, 0) is 17.6 Å². The first kappa shape index (κ1) is 13.9. The number of rotatable bonds is 6. The summed E-state index contributed by atoms with van der Waals surface area (Å²) in [7, 11) is 0. The van der Waals surface area contributed by atoms with E-state index in [0.717, 1.165) is 0 Å². The van der Waals surface area contributed by atoms with Crippen LogP contribution in [0.3, 0.4) is 0 Å². The fourth-order valence-electron chi connectivity index (χ4n) is 1.61. The second-order valence-corrected chi connectivity index (χ2v) is 3.50. The van der Waals surface area contributed by atoms with Crippen LogP contribution < -0.4 is 4.74 Å². The molecule has 0 bridgehead atoms. The van der Waals surface area contributed by atoms with Gasteiger partial charge in [0.05, 0.1) is 12.5 Å². The smallest absolute Gasteiger partial charge is 0.387 e. The lowest BCUT2D eigenvalue weighted by Gasteiger charge is -2.13. The minimum Gasteiger partial charge on any atom is -0.481 e. The molecule has 0 fully saturated rings. The molecule has 0 saturated heterocycles. The Kier molecular flexibility index (Phi) is 5.06. The van der Waals surface area contributed by atoms with E-state index in [4.69, 9.17) is 10.4 Å². The van der Waals surface area contributed by atoms with E-state index in [1.165, 1.54) is 18.2 Å². The second kappa shape index (κ2) is 6.55. The fraction of sp³-hybridized carbons (Fsp3) is 0.333. The van der Waals surface area contributed by atoms with Gasteiger partial charge in [0.25, 0.3) is 0 Å². The number of alkyl halides is 2. The molecule has 0 aliphatic heterocycles. The highest BCUT2D eigenvalue weighted by Crippen LogP contribution is 2.26. The van der Waals surface area contributed by atoms with Crippen LogP contribution in [0.5, 0.6) is 5.75 Å². The topological polar surface area (TPSA) is 70.3 Å². The zero-order chi connectivity index (χ0) is 13.5. The quantitative estimate of drug-likeness (QED) is 0.847. The van der Waals surface area contributed by atoms with Crippen molar-refractivity contribution in [1.82, 2.24) is 0 Å². The highest BCUT2D eigenvalue weighted by Gasteiger charge is 2.14. The molecule has 1 aromatic rings. The van der Waals surface area contributed by atoms with Crippen LogP contribution in [-0.4, -0.2) is 17.7 Å². The Labute approximate surface area is 102 Å². The Balaban J connectivity index is 3.08. The van der Waals surface area contributed by atoms with Crippen molar-refractivity contribution in [2.24, 2.45) is 0 Å². The number of ether oxygens (including phenoxy) is 1. The summed E-state index contributed by atoms with van der Waals surface area (Å²) in [5.74, 6) is -1.14. The largest absolute Gasteiger partial charge is 0.481 e. The van der Waals surface area contributed by atoms with Crippen LogP contribution in [0.4, 0.5) is 8.78 Å². The summed E-state index contributed by atoms with van der Waals surface area (Å²) in [5.41, 5.74) is 0.734. The number of benzene rings is 1. The highest BCUT2D eigenvalue weighted by molar-refractivity contribution is 5.71. The number of hydrogen-bond donors (Lipinski definition) is 1. The van der Waals surface area contributed by atoms with Crippen molar-refractivity contribution >= 4 is 5.97 Å². The molecule has 18 heavy (non-hydrogen) atoms. The minimum absolute atomic E-state index is 0.0704. The van der Waals surface area contributed by atoms with Crippen LogP contribution in [0.2, 0.25) is 0 Å². The van der Waals surface area contributed by atoms with Gasteiger partial charge in [0.2, 0.25) is 0 Å². The maximum Gasteiger partial charge on any atom is 0.387 e. The van der Waals surface area contributed by atoms with Crippen LogP contribution in [0.15, 0.2) is 18.2 Å². The van der Waals surface area contributed by atoms with Crippen LogP contribution >= 0.6 is 0 Å². The van der Waals surface area contributed by atoms with E-state index in [2.05, 4.69) is 4.74 Å². The highest BCUT2D eigenvalue weighted by atomic mass is 19.3. The molecule has 0 spiro atoms. The number of aliphatic carboxylic acids is 1. The van der Waals surface area contributed by atoms with Crippen molar-refractivity contribution in [3.63, 3.8) is 0 Å². The number of hydrogen-bond acceptors (Lipinski definition) is 3. The molecule has 6 heteroatoms. The summed E-state index contributed by atoms with van der Waals surface area (Å²) in [4.78, 5) is 10.7. The lowest BCUT2D eigenvalue weighted by molar-refractivity contribution is -0.136. The number of carbonyl (C=O) groups is 1. The molecular weight excluding hydrogens is 244 g/mol. The van der Waals surface area contributed by atoms with Crippen molar-refractivity contribution < 1.29 is 23.4 Å². The van der Waals surface area contributed by atoms with Crippen molar-refractivity contribution in [3.05, 3.63) is 29.3 Å². The van der Waals surface area contributed by atoms with Gasteiger partial charge < -0.3 is 9.84 Å². The Morgan fingerprint density at radius 3 is 2.78 bits per heavy atom. The number of halogens is 2. The minimum atomic E-state index is -2.98. The SMILES string of the molecule is N#CCCc1c(CC(=O)O)cccc1OC(F)F. The van der Waals surface area contributed by atoms with E-state index in [9.17, 15) is 13.6 Å². The normalized spacial score (nSPS) is 10.1. The maximum atomic E-state index is 12.2.